The van der Waals surface area contributed by atoms with E-state index in [0.717, 1.165) is 43.9 Å². The highest BCUT2D eigenvalue weighted by Crippen LogP contribution is 2.16. The largest absolute Gasteiger partial charge is 0.356 e. The fourth-order valence-electron chi connectivity index (χ4n) is 2.76. The molecule has 0 radical (unpaired) electrons. The topological polar surface area (TPSA) is 44.7 Å². The summed E-state index contributed by atoms with van der Waals surface area (Å²) in [5.41, 5.74) is 2.01. The lowest BCUT2D eigenvalue weighted by molar-refractivity contribution is 0.258. The number of amidine groups is 1. The van der Waals surface area contributed by atoms with E-state index in [1.54, 1.807) is 0 Å². The Labute approximate surface area is 136 Å². The van der Waals surface area contributed by atoms with E-state index in [1.165, 1.54) is 5.56 Å². The highest BCUT2D eigenvalue weighted by molar-refractivity contribution is 6.00. The van der Waals surface area contributed by atoms with E-state index in [1.807, 2.05) is 48.5 Å². The maximum absolute atomic E-state index is 12.2. The number of urea groups is 1. The van der Waals surface area contributed by atoms with Crippen LogP contribution in [0.4, 0.5) is 10.5 Å². The molecule has 0 aromatic heterocycles. The molecule has 118 valence electrons. The monoisotopic (exact) mass is 307 g/mol. The predicted octanol–water partition coefficient (Wildman–Crippen LogP) is 4.30. The van der Waals surface area contributed by atoms with Gasteiger partial charge < -0.3 is 10.2 Å². The first-order valence-electron chi connectivity index (χ1n) is 8.04. The number of aliphatic imine (C=N–C) groups is 1. The summed E-state index contributed by atoms with van der Waals surface area (Å²) in [5.74, 6) is 0.883. The maximum atomic E-state index is 12.2. The second kappa shape index (κ2) is 7.58. The number of amides is 2. The normalized spacial score (nSPS) is 16.3. The summed E-state index contributed by atoms with van der Waals surface area (Å²) < 4.78 is 0. The number of rotatable bonds is 3. The van der Waals surface area contributed by atoms with Gasteiger partial charge in [-0.15, -0.1) is 0 Å². The highest BCUT2D eigenvalue weighted by atomic mass is 16.2. The van der Waals surface area contributed by atoms with Gasteiger partial charge in [0.05, 0.1) is 0 Å². The number of hydrogen-bond donors (Lipinski definition) is 1. The number of hydrogen-bond acceptors (Lipinski definition) is 1. The number of carbonyl (C=O) groups is 1. The third kappa shape index (κ3) is 4.42. The Bertz CT molecular complexity index is 668. The van der Waals surface area contributed by atoms with Crippen molar-refractivity contribution in [1.29, 1.82) is 0 Å². The van der Waals surface area contributed by atoms with E-state index in [9.17, 15) is 4.79 Å². The second-order valence-electron chi connectivity index (χ2n) is 5.69. The molecule has 1 N–H and O–H groups in total. The first-order valence-corrected chi connectivity index (χ1v) is 8.04. The lowest BCUT2D eigenvalue weighted by atomic mass is 10.1. The van der Waals surface area contributed by atoms with Crippen molar-refractivity contribution < 1.29 is 4.79 Å². The zero-order valence-corrected chi connectivity index (χ0v) is 13.1. The van der Waals surface area contributed by atoms with Crippen LogP contribution in [0.25, 0.3) is 0 Å². The molecule has 0 atom stereocenters. The molecule has 0 unspecified atom stereocenters. The summed E-state index contributed by atoms with van der Waals surface area (Å²) in [4.78, 5) is 18.7. The molecular weight excluding hydrogens is 286 g/mol. The van der Waals surface area contributed by atoms with Crippen molar-refractivity contribution in [2.45, 2.75) is 25.8 Å². The average molecular weight is 307 g/mol. The van der Waals surface area contributed by atoms with Gasteiger partial charge in [0.2, 0.25) is 0 Å². The van der Waals surface area contributed by atoms with Gasteiger partial charge in [-0.1, -0.05) is 48.5 Å². The summed E-state index contributed by atoms with van der Waals surface area (Å²) in [5, 5.41) is 2.82. The molecule has 1 aliphatic rings. The Morgan fingerprint density at radius 3 is 2.43 bits per heavy atom. The van der Waals surface area contributed by atoms with Crippen LogP contribution in [0.3, 0.4) is 0 Å². The van der Waals surface area contributed by atoms with E-state index in [2.05, 4.69) is 27.3 Å². The van der Waals surface area contributed by atoms with Crippen LogP contribution in [-0.2, 0) is 6.54 Å². The average Bonchev–Trinajstić information content (AvgIpc) is 2.58. The van der Waals surface area contributed by atoms with Gasteiger partial charge in [-0.2, -0.15) is 4.99 Å². The van der Waals surface area contributed by atoms with Crippen molar-refractivity contribution in [3.05, 3.63) is 66.2 Å². The van der Waals surface area contributed by atoms with Gasteiger partial charge in [-0.25, -0.2) is 4.79 Å². The molecule has 3 rings (SSSR count). The fraction of sp³-hybridized carbons (Fsp3) is 0.263. The molecule has 0 spiro atoms. The van der Waals surface area contributed by atoms with E-state index in [-0.39, 0.29) is 6.03 Å². The minimum Gasteiger partial charge on any atom is -0.356 e. The SMILES string of the molecule is O=C(/N=C1/CCCCN1Cc1ccccc1)Nc1ccccc1. The van der Waals surface area contributed by atoms with E-state index in [0.29, 0.717) is 0 Å². The summed E-state index contributed by atoms with van der Waals surface area (Å²) in [7, 11) is 0. The van der Waals surface area contributed by atoms with Gasteiger partial charge in [-0.05, 0) is 30.5 Å². The Kier molecular flexibility index (Phi) is 5.04. The first-order chi connectivity index (χ1) is 11.3. The molecule has 2 amide bonds. The molecule has 4 heteroatoms. The van der Waals surface area contributed by atoms with Crippen molar-refractivity contribution in [3.8, 4) is 0 Å². The van der Waals surface area contributed by atoms with Crippen molar-refractivity contribution in [3.63, 3.8) is 0 Å². The second-order valence-corrected chi connectivity index (χ2v) is 5.69. The van der Waals surface area contributed by atoms with Gasteiger partial charge in [0.15, 0.2) is 0 Å². The summed E-state index contributed by atoms with van der Waals surface area (Å²) >= 11 is 0. The third-order valence-corrected chi connectivity index (χ3v) is 3.92. The molecule has 1 aliphatic heterocycles. The number of anilines is 1. The number of benzene rings is 2. The number of likely N-dealkylation sites (tertiary alicyclic amines) is 1. The highest BCUT2D eigenvalue weighted by Gasteiger charge is 2.18. The Balaban J connectivity index is 1.69. The van der Waals surface area contributed by atoms with Crippen molar-refractivity contribution in [1.82, 2.24) is 4.90 Å². The molecule has 2 aromatic rings. The minimum absolute atomic E-state index is 0.300. The number of nitrogens with zero attached hydrogens (tertiary/aromatic N) is 2. The fourth-order valence-corrected chi connectivity index (χ4v) is 2.76. The molecule has 2 aromatic carbocycles. The van der Waals surface area contributed by atoms with Crippen LogP contribution in [0, 0.1) is 0 Å². The van der Waals surface area contributed by atoms with Crippen LogP contribution in [0.15, 0.2) is 65.7 Å². The van der Waals surface area contributed by atoms with Gasteiger partial charge in [0.1, 0.15) is 5.84 Å². The lowest BCUT2D eigenvalue weighted by Crippen LogP contribution is -2.35. The van der Waals surface area contributed by atoms with Crippen LogP contribution < -0.4 is 5.32 Å². The van der Waals surface area contributed by atoms with Crippen molar-refractivity contribution >= 4 is 17.6 Å². The summed E-state index contributed by atoms with van der Waals surface area (Å²) in [6, 6.07) is 19.4. The number of para-hydroxylation sites is 1. The molecule has 0 bridgehead atoms. The lowest BCUT2D eigenvalue weighted by Gasteiger charge is -2.30. The van der Waals surface area contributed by atoms with Crippen LogP contribution >= 0.6 is 0 Å². The number of carbonyl (C=O) groups excluding carboxylic acids is 1. The quantitative estimate of drug-likeness (QED) is 0.918. The van der Waals surface area contributed by atoms with Gasteiger partial charge in [0.25, 0.3) is 0 Å². The molecule has 23 heavy (non-hydrogen) atoms. The third-order valence-electron chi connectivity index (χ3n) is 3.92. The molecule has 1 fully saturated rings. The Hall–Kier alpha value is -2.62. The van der Waals surface area contributed by atoms with E-state index < -0.39 is 0 Å². The number of nitrogens with one attached hydrogen (secondary N) is 1. The zero-order valence-electron chi connectivity index (χ0n) is 13.1. The van der Waals surface area contributed by atoms with Crippen molar-refractivity contribution in [2.75, 3.05) is 11.9 Å². The van der Waals surface area contributed by atoms with Crippen LogP contribution in [0.2, 0.25) is 0 Å². The molecule has 1 heterocycles. The maximum Gasteiger partial charge on any atom is 0.347 e. The van der Waals surface area contributed by atoms with Gasteiger partial charge in [-0.3, -0.25) is 0 Å². The molecule has 0 aliphatic carbocycles. The van der Waals surface area contributed by atoms with Crippen molar-refractivity contribution in [2.24, 2.45) is 4.99 Å². The summed E-state index contributed by atoms with van der Waals surface area (Å²) in [6.45, 7) is 1.75. The molecule has 1 saturated heterocycles. The Morgan fingerprint density at radius 1 is 1.00 bits per heavy atom. The zero-order chi connectivity index (χ0) is 15.9. The van der Waals surface area contributed by atoms with Crippen LogP contribution in [0.1, 0.15) is 24.8 Å². The molecule has 4 nitrogen and oxygen atoms in total. The molecular formula is C19H21N3O. The summed E-state index contributed by atoms with van der Waals surface area (Å²) in [6.07, 6.45) is 3.09. The van der Waals surface area contributed by atoms with Gasteiger partial charge >= 0.3 is 6.03 Å². The predicted molar refractivity (Wildman–Crippen MR) is 93.6 cm³/mol. The number of piperidine rings is 1. The standard InChI is InChI=1S/C19H21N3O/c23-19(20-17-11-5-2-6-12-17)21-18-13-7-8-14-22(18)15-16-9-3-1-4-10-16/h1-6,9-12H,7-8,13-15H2,(H,20,23)/b21-18-. The smallest absolute Gasteiger partial charge is 0.347 e. The van der Waals surface area contributed by atoms with Crippen LogP contribution in [-0.4, -0.2) is 23.3 Å². The Morgan fingerprint density at radius 2 is 1.70 bits per heavy atom. The minimum atomic E-state index is -0.300. The first kappa shape index (κ1) is 15.3. The van der Waals surface area contributed by atoms with Crippen LogP contribution in [0.5, 0.6) is 0 Å². The van der Waals surface area contributed by atoms with Gasteiger partial charge in [0, 0.05) is 25.2 Å². The van der Waals surface area contributed by atoms with E-state index in [4.69, 9.17) is 0 Å². The van der Waals surface area contributed by atoms with E-state index >= 15 is 0 Å². The molecule has 0 saturated carbocycles.